The van der Waals surface area contributed by atoms with Crippen molar-refractivity contribution in [3.63, 3.8) is 0 Å². The number of benzene rings is 1. The summed E-state index contributed by atoms with van der Waals surface area (Å²) in [6.45, 7) is 0.347. The predicted molar refractivity (Wildman–Crippen MR) is 69.1 cm³/mol. The molecule has 0 aliphatic heterocycles. The van der Waals surface area contributed by atoms with E-state index in [1.54, 1.807) is 12.4 Å². The summed E-state index contributed by atoms with van der Waals surface area (Å²) in [5.74, 6) is -0.328. The lowest BCUT2D eigenvalue weighted by Gasteiger charge is -2.07. The fourth-order valence-electron chi connectivity index (χ4n) is 1.18. The van der Waals surface area contributed by atoms with Crippen LogP contribution in [0.15, 0.2) is 29.0 Å². The highest BCUT2D eigenvalue weighted by molar-refractivity contribution is 9.10. The van der Waals surface area contributed by atoms with Crippen molar-refractivity contribution in [3.05, 3.63) is 45.4 Å². The Kier molecular flexibility index (Phi) is 4.11. The van der Waals surface area contributed by atoms with E-state index >= 15 is 0 Å². The minimum atomic E-state index is -0.576. The first-order valence-corrected chi connectivity index (χ1v) is 6.10. The molecule has 0 fully saturated rings. The molecule has 0 aliphatic carbocycles. The van der Waals surface area contributed by atoms with Gasteiger partial charge in [0.2, 0.25) is 0 Å². The van der Waals surface area contributed by atoms with Crippen molar-refractivity contribution in [1.82, 2.24) is 9.97 Å². The molecule has 0 unspecified atom stereocenters. The molecule has 0 amide bonds. The third-order valence-electron chi connectivity index (χ3n) is 2.09. The van der Waals surface area contributed by atoms with Crippen LogP contribution in [-0.4, -0.2) is 9.97 Å². The van der Waals surface area contributed by atoms with Crippen LogP contribution in [0.25, 0.3) is 0 Å². The van der Waals surface area contributed by atoms with Crippen LogP contribution in [0.4, 0.5) is 4.39 Å². The number of hydrogen-bond acceptors (Lipinski definition) is 4. The molecule has 0 radical (unpaired) electrons. The number of halogens is 3. The molecule has 0 bridgehead atoms. The van der Waals surface area contributed by atoms with Crippen LogP contribution in [0.2, 0.25) is 5.02 Å². The lowest BCUT2D eigenvalue weighted by Crippen LogP contribution is -1.99. The van der Waals surface area contributed by atoms with Crippen molar-refractivity contribution < 1.29 is 9.13 Å². The lowest BCUT2D eigenvalue weighted by atomic mass is 10.3. The molecule has 94 valence electrons. The minimum absolute atomic E-state index is 0.00798. The summed E-state index contributed by atoms with van der Waals surface area (Å²) in [4.78, 5) is 7.90. The molecule has 18 heavy (non-hydrogen) atoms. The van der Waals surface area contributed by atoms with E-state index in [1.807, 2.05) is 0 Å². The first-order chi connectivity index (χ1) is 8.60. The summed E-state index contributed by atoms with van der Waals surface area (Å²) in [7, 11) is 0. The molecular weight excluding hydrogens is 324 g/mol. The number of nitrogens with two attached hydrogens (primary N) is 1. The summed E-state index contributed by atoms with van der Waals surface area (Å²) in [6.07, 6.45) is 3.09. The van der Waals surface area contributed by atoms with Gasteiger partial charge in [0.05, 0.1) is 9.50 Å². The number of nitrogens with zero attached hydrogens (tertiary/aromatic N) is 2. The van der Waals surface area contributed by atoms with E-state index in [0.29, 0.717) is 11.0 Å². The Labute approximate surface area is 116 Å². The van der Waals surface area contributed by atoms with Crippen LogP contribution < -0.4 is 10.5 Å². The highest BCUT2D eigenvalue weighted by Gasteiger charge is 2.10. The first-order valence-electron chi connectivity index (χ1n) is 4.93. The molecule has 0 spiro atoms. The zero-order chi connectivity index (χ0) is 13.1. The van der Waals surface area contributed by atoms with Crippen LogP contribution >= 0.6 is 27.5 Å². The normalized spacial score (nSPS) is 10.4. The van der Waals surface area contributed by atoms with E-state index in [0.717, 1.165) is 11.6 Å². The molecular formula is C11H8BrClFN3O. The van der Waals surface area contributed by atoms with Crippen LogP contribution in [0.5, 0.6) is 11.8 Å². The van der Waals surface area contributed by atoms with Crippen LogP contribution in [0.1, 0.15) is 5.56 Å². The van der Waals surface area contributed by atoms with Gasteiger partial charge in [-0.25, -0.2) is 14.4 Å². The van der Waals surface area contributed by atoms with E-state index in [-0.39, 0.29) is 16.8 Å². The van der Waals surface area contributed by atoms with Gasteiger partial charge < -0.3 is 10.5 Å². The third kappa shape index (κ3) is 2.95. The quantitative estimate of drug-likeness (QED) is 0.876. The van der Waals surface area contributed by atoms with Crippen molar-refractivity contribution >= 4 is 27.5 Å². The van der Waals surface area contributed by atoms with Gasteiger partial charge in [-0.2, -0.15) is 0 Å². The fourth-order valence-corrected chi connectivity index (χ4v) is 1.90. The van der Waals surface area contributed by atoms with Gasteiger partial charge in [-0.3, -0.25) is 0 Å². The minimum Gasteiger partial charge on any atom is -0.423 e. The van der Waals surface area contributed by atoms with Crippen molar-refractivity contribution in [1.29, 1.82) is 0 Å². The van der Waals surface area contributed by atoms with Gasteiger partial charge in [0.1, 0.15) is 11.6 Å². The highest BCUT2D eigenvalue weighted by atomic mass is 79.9. The number of aromatic nitrogens is 2. The lowest BCUT2D eigenvalue weighted by molar-refractivity contribution is 0.434. The Morgan fingerprint density at radius 1 is 1.33 bits per heavy atom. The third-order valence-corrected chi connectivity index (χ3v) is 3.00. The smallest absolute Gasteiger partial charge is 0.321 e. The monoisotopic (exact) mass is 331 g/mol. The maximum Gasteiger partial charge on any atom is 0.321 e. The van der Waals surface area contributed by atoms with Crippen molar-refractivity contribution in [2.75, 3.05) is 0 Å². The van der Waals surface area contributed by atoms with Gasteiger partial charge in [0.15, 0.2) is 0 Å². The zero-order valence-electron chi connectivity index (χ0n) is 9.03. The molecule has 2 aromatic rings. The summed E-state index contributed by atoms with van der Waals surface area (Å²) in [5, 5.41) is 0.00798. The van der Waals surface area contributed by atoms with Gasteiger partial charge in [-0.15, -0.1) is 0 Å². The molecule has 1 aromatic heterocycles. The molecule has 1 aromatic carbocycles. The second kappa shape index (κ2) is 5.60. The SMILES string of the molecule is NCc1cnc(Oc2cc(F)c(Cl)cc2Br)nc1. The van der Waals surface area contributed by atoms with E-state index in [4.69, 9.17) is 22.1 Å². The average molecular weight is 333 g/mol. The first kappa shape index (κ1) is 13.2. The Bertz CT molecular complexity index is 565. The van der Waals surface area contributed by atoms with E-state index < -0.39 is 5.82 Å². The van der Waals surface area contributed by atoms with E-state index in [1.165, 1.54) is 6.07 Å². The Hall–Kier alpha value is -1.24. The molecule has 0 atom stereocenters. The molecule has 2 rings (SSSR count). The van der Waals surface area contributed by atoms with Gasteiger partial charge in [0, 0.05) is 30.6 Å². The number of rotatable bonds is 3. The summed E-state index contributed by atoms with van der Waals surface area (Å²) >= 11 is 8.84. The highest BCUT2D eigenvalue weighted by Crippen LogP contribution is 2.32. The van der Waals surface area contributed by atoms with E-state index in [9.17, 15) is 4.39 Å². The molecule has 0 aliphatic rings. The molecule has 1 heterocycles. The van der Waals surface area contributed by atoms with E-state index in [2.05, 4.69) is 25.9 Å². The van der Waals surface area contributed by atoms with Gasteiger partial charge in [-0.1, -0.05) is 11.6 Å². The molecule has 0 saturated heterocycles. The second-order valence-electron chi connectivity index (χ2n) is 3.38. The molecule has 2 N–H and O–H groups in total. The van der Waals surface area contributed by atoms with Gasteiger partial charge in [0.25, 0.3) is 0 Å². The summed E-state index contributed by atoms with van der Waals surface area (Å²) in [5.41, 5.74) is 6.20. The summed E-state index contributed by atoms with van der Waals surface area (Å²) < 4.78 is 19.1. The second-order valence-corrected chi connectivity index (χ2v) is 4.64. The fraction of sp³-hybridized carbons (Fsp3) is 0.0909. The Morgan fingerprint density at radius 2 is 2.00 bits per heavy atom. The van der Waals surface area contributed by atoms with Crippen LogP contribution in [0, 0.1) is 5.82 Å². The van der Waals surface area contributed by atoms with Gasteiger partial charge >= 0.3 is 6.01 Å². The Balaban J connectivity index is 2.25. The topological polar surface area (TPSA) is 61.0 Å². The summed E-state index contributed by atoms with van der Waals surface area (Å²) in [6, 6.07) is 2.67. The maximum absolute atomic E-state index is 13.3. The van der Waals surface area contributed by atoms with Gasteiger partial charge in [-0.05, 0) is 22.0 Å². The molecule has 7 heteroatoms. The predicted octanol–water partition coefficient (Wildman–Crippen LogP) is 3.28. The average Bonchev–Trinajstić information content (AvgIpc) is 2.37. The maximum atomic E-state index is 13.3. The molecule has 0 saturated carbocycles. The van der Waals surface area contributed by atoms with Crippen LogP contribution in [0.3, 0.4) is 0 Å². The van der Waals surface area contributed by atoms with Crippen molar-refractivity contribution in [3.8, 4) is 11.8 Å². The Morgan fingerprint density at radius 3 is 2.61 bits per heavy atom. The largest absolute Gasteiger partial charge is 0.423 e. The number of hydrogen-bond donors (Lipinski definition) is 1. The van der Waals surface area contributed by atoms with Crippen molar-refractivity contribution in [2.24, 2.45) is 5.73 Å². The van der Waals surface area contributed by atoms with Crippen molar-refractivity contribution in [2.45, 2.75) is 6.54 Å². The van der Waals surface area contributed by atoms with Crippen LogP contribution in [-0.2, 0) is 6.54 Å². The number of ether oxygens (including phenoxy) is 1. The molecule has 4 nitrogen and oxygen atoms in total. The zero-order valence-corrected chi connectivity index (χ0v) is 11.4. The standard InChI is InChI=1S/C11H8BrClFN3O/c12-7-1-8(13)9(14)2-10(7)18-11-16-4-6(3-15)5-17-11/h1-2,4-5H,3,15H2.